The Bertz CT molecular complexity index is 343. The topological polar surface area (TPSA) is 81.5 Å². The predicted molar refractivity (Wildman–Crippen MR) is 55.1 cm³/mol. The van der Waals surface area contributed by atoms with Crippen molar-refractivity contribution in [2.75, 3.05) is 19.8 Å². The number of aromatic carboxylic acids is 1. The molecule has 16 heavy (non-hydrogen) atoms. The first-order valence-electron chi connectivity index (χ1n) is 4.93. The second kappa shape index (κ2) is 6.86. The molecule has 0 aliphatic rings. The maximum absolute atomic E-state index is 10.8. The van der Waals surface area contributed by atoms with Gasteiger partial charge in [0.1, 0.15) is 11.9 Å². The maximum atomic E-state index is 10.8. The molecule has 0 bridgehead atoms. The van der Waals surface area contributed by atoms with Crippen molar-refractivity contribution in [3.63, 3.8) is 0 Å². The van der Waals surface area contributed by atoms with Gasteiger partial charge in [0.25, 0.3) is 0 Å². The van der Waals surface area contributed by atoms with E-state index in [1.807, 2.05) is 6.92 Å². The normalized spacial score (nSPS) is 10.3. The number of aromatic nitrogens is 2. The van der Waals surface area contributed by atoms with Gasteiger partial charge in [-0.25, -0.2) is 14.8 Å². The molecule has 0 spiro atoms. The van der Waals surface area contributed by atoms with E-state index in [1.54, 1.807) is 0 Å². The van der Waals surface area contributed by atoms with Gasteiger partial charge in [-0.1, -0.05) is 0 Å². The quantitative estimate of drug-likeness (QED) is 0.690. The van der Waals surface area contributed by atoms with E-state index in [2.05, 4.69) is 9.97 Å². The van der Waals surface area contributed by atoms with Crippen LogP contribution in [0.5, 0.6) is 0 Å². The molecule has 1 rings (SSSR count). The van der Waals surface area contributed by atoms with Crippen molar-refractivity contribution in [2.45, 2.75) is 13.5 Å². The number of ether oxygens (including phenoxy) is 2. The van der Waals surface area contributed by atoms with E-state index in [9.17, 15) is 4.79 Å². The lowest BCUT2D eigenvalue weighted by molar-refractivity contribution is 0.0431. The molecule has 0 amide bonds. The molecule has 6 heteroatoms. The van der Waals surface area contributed by atoms with Crippen molar-refractivity contribution in [2.24, 2.45) is 0 Å². The van der Waals surface area contributed by atoms with E-state index in [0.717, 1.165) is 0 Å². The lowest BCUT2D eigenvalue weighted by Gasteiger charge is -2.05. The first-order valence-corrected chi connectivity index (χ1v) is 4.93. The zero-order valence-electron chi connectivity index (χ0n) is 9.05. The average Bonchev–Trinajstić information content (AvgIpc) is 2.29. The van der Waals surface area contributed by atoms with Crippen LogP contribution in [-0.4, -0.2) is 40.9 Å². The van der Waals surface area contributed by atoms with Gasteiger partial charge < -0.3 is 14.6 Å². The first kappa shape index (κ1) is 12.5. The van der Waals surface area contributed by atoms with Crippen LogP contribution in [0.2, 0.25) is 0 Å². The molecule has 0 saturated carbocycles. The summed E-state index contributed by atoms with van der Waals surface area (Å²) in [6, 6.07) is 0. The number of carbonyl (C=O) groups is 1. The monoisotopic (exact) mass is 226 g/mol. The van der Waals surface area contributed by atoms with Gasteiger partial charge in [-0.15, -0.1) is 0 Å². The largest absolute Gasteiger partial charge is 0.478 e. The highest BCUT2D eigenvalue weighted by atomic mass is 16.5. The van der Waals surface area contributed by atoms with Gasteiger partial charge in [-0.3, -0.25) is 0 Å². The molecule has 0 radical (unpaired) electrons. The highest BCUT2D eigenvalue weighted by Gasteiger charge is 2.10. The fourth-order valence-corrected chi connectivity index (χ4v) is 1.08. The van der Waals surface area contributed by atoms with E-state index in [0.29, 0.717) is 25.5 Å². The van der Waals surface area contributed by atoms with Crippen molar-refractivity contribution in [3.8, 4) is 0 Å². The van der Waals surface area contributed by atoms with Crippen LogP contribution in [0.3, 0.4) is 0 Å². The third-order valence-corrected chi connectivity index (χ3v) is 1.84. The summed E-state index contributed by atoms with van der Waals surface area (Å²) in [6.45, 7) is 3.59. The molecular formula is C10H14N2O4. The molecule has 0 atom stereocenters. The Morgan fingerprint density at radius 1 is 1.44 bits per heavy atom. The molecular weight excluding hydrogens is 212 g/mol. The molecule has 0 aliphatic heterocycles. The number of carboxylic acids is 1. The van der Waals surface area contributed by atoms with Crippen LogP contribution < -0.4 is 0 Å². The van der Waals surface area contributed by atoms with Crippen LogP contribution in [0.25, 0.3) is 0 Å². The lowest BCUT2D eigenvalue weighted by Crippen LogP contribution is -2.09. The van der Waals surface area contributed by atoms with Crippen molar-refractivity contribution in [1.29, 1.82) is 0 Å². The molecule has 0 unspecified atom stereocenters. The van der Waals surface area contributed by atoms with E-state index in [1.165, 1.54) is 12.5 Å². The summed E-state index contributed by atoms with van der Waals surface area (Å²) >= 11 is 0. The average molecular weight is 226 g/mol. The lowest BCUT2D eigenvalue weighted by atomic mass is 10.2. The highest BCUT2D eigenvalue weighted by Crippen LogP contribution is 2.04. The second-order valence-electron chi connectivity index (χ2n) is 2.94. The molecule has 1 N–H and O–H groups in total. The van der Waals surface area contributed by atoms with E-state index < -0.39 is 5.97 Å². The van der Waals surface area contributed by atoms with Crippen LogP contribution >= 0.6 is 0 Å². The van der Waals surface area contributed by atoms with Crippen LogP contribution in [0, 0.1) is 0 Å². The first-order chi connectivity index (χ1) is 7.75. The molecule has 1 heterocycles. The second-order valence-corrected chi connectivity index (χ2v) is 2.94. The van der Waals surface area contributed by atoms with Gasteiger partial charge in [0.15, 0.2) is 0 Å². The van der Waals surface area contributed by atoms with Gasteiger partial charge in [-0.05, 0) is 6.92 Å². The summed E-state index contributed by atoms with van der Waals surface area (Å²) in [5, 5.41) is 8.85. The zero-order chi connectivity index (χ0) is 11.8. The third kappa shape index (κ3) is 3.92. The standard InChI is InChI=1S/C10H14N2O4/c1-2-15-3-4-16-6-9-8(10(13)14)5-11-7-12-9/h5,7H,2-4,6H2,1H3,(H,13,14). The summed E-state index contributed by atoms with van der Waals surface area (Å²) in [7, 11) is 0. The molecule has 0 aromatic carbocycles. The van der Waals surface area contributed by atoms with Crippen molar-refractivity contribution < 1.29 is 19.4 Å². The highest BCUT2D eigenvalue weighted by molar-refractivity contribution is 5.88. The van der Waals surface area contributed by atoms with Crippen molar-refractivity contribution >= 4 is 5.97 Å². The van der Waals surface area contributed by atoms with E-state index >= 15 is 0 Å². The number of nitrogens with zero attached hydrogens (tertiary/aromatic N) is 2. The number of hydrogen-bond acceptors (Lipinski definition) is 5. The Labute approximate surface area is 93.2 Å². The van der Waals surface area contributed by atoms with Gasteiger partial charge in [-0.2, -0.15) is 0 Å². The minimum atomic E-state index is -1.05. The zero-order valence-corrected chi connectivity index (χ0v) is 9.05. The Morgan fingerprint density at radius 3 is 2.88 bits per heavy atom. The fraction of sp³-hybridized carbons (Fsp3) is 0.500. The minimum absolute atomic E-state index is 0.0684. The smallest absolute Gasteiger partial charge is 0.339 e. The maximum Gasteiger partial charge on any atom is 0.339 e. The van der Waals surface area contributed by atoms with Crippen LogP contribution in [0.15, 0.2) is 12.5 Å². The molecule has 1 aromatic rings. The summed E-state index contributed by atoms with van der Waals surface area (Å²) in [6.07, 6.45) is 2.56. The van der Waals surface area contributed by atoms with Crippen LogP contribution in [0.4, 0.5) is 0 Å². The molecule has 88 valence electrons. The summed E-state index contributed by atoms with van der Waals surface area (Å²) in [5.41, 5.74) is 0.443. The Morgan fingerprint density at radius 2 is 2.19 bits per heavy atom. The Kier molecular flexibility index (Phi) is 5.38. The van der Waals surface area contributed by atoms with Crippen LogP contribution in [-0.2, 0) is 16.1 Å². The molecule has 1 aromatic heterocycles. The predicted octanol–water partition coefficient (Wildman–Crippen LogP) is 0.728. The summed E-state index contributed by atoms with van der Waals surface area (Å²) < 4.78 is 10.3. The van der Waals surface area contributed by atoms with Gasteiger partial charge >= 0.3 is 5.97 Å². The molecule has 0 aliphatic carbocycles. The number of carboxylic acid groups (broad SMARTS) is 1. The SMILES string of the molecule is CCOCCOCc1ncncc1C(=O)O. The number of hydrogen-bond donors (Lipinski definition) is 1. The Balaban J connectivity index is 2.44. The molecule has 6 nitrogen and oxygen atoms in total. The Hall–Kier alpha value is -1.53. The van der Waals surface area contributed by atoms with Crippen molar-refractivity contribution in [1.82, 2.24) is 9.97 Å². The van der Waals surface area contributed by atoms with E-state index in [4.69, 9.17) is 14.6 Å². The number of rotatable bonds is 7. The minimum Gasteiger partial charge on any atom is -0.478 e. The van der Waals surface area contributed by atoms with Crippen molar-refractivity contribution in [3.05, 3.63) is 23.8 Å². The van der Waals surface area contributed by atoms with E-state index in [-0.39, 0.29) is 12.2 Å². The molecule has 0 saturated heterocycles. The van der Waals surface area contributed by atoms with Crippen LogP contribution in [0.1, 0.15) is 23.0 Å². The van der Waals surface area contributed by atoms with Gasteiger partial charge in [0.2, 0.25) is 0 Å². The fourth-order valence-electron chi connectivity index (χ4n) is 1.08. The summed E-state index contributed by atoms with van der Waals surface area (Å²) in [4.78, 5) is 18.3. The molecule has 0 fully saturated rings. The third-order valence-electron chi connectivity index (χ3n) is 1.84. The van der Waals surface area contributed by atoms with Gasteiger partial charge in [0, 0.05) is 12.8 Å². The van der Waals surface area contributed by atoms with Gasteiger partial charge in [0.05, 0.1) is 25.5 Å². The summed E-state index contributed by atoms with van der Waals surface area (Å²) in [5.74, 6) is -1.05.